The van der Waals surface area contributed by atoms with Gasteiger partial charge in [0.05, 0.1) is 43.3 Å². The molecule has 4 aromatic carbocycles. The maximum Gasteiger partial charge on any atom is 0.305 e. The van der Waals surface area contributed by atoms with Crippen LogP contribution in [0.25, 0.3) is 22.3 Å². The lowest BCUT2D eigenvalue weighted by atomic mass is 9.52. The Balaban J connectivity index is 1.82. The molecule has 0 bridgehead atoms. The van der Waals surface area contributed by atoms with E-state index in [2.05, 4.69) is 125 Å². The number of nitrogens with zero attached hydrogens (tertiary/aromatic N) is 6. The summed E-state index contributed by atoms with van der Waals surface area (Å²) in [6, 6.07) is 41.3. The lowest BCUT2D eigenvalue weighted by molar-refractivity contribution is -0.460. The predicted molar refractivity (Wildman–Crippen MR) is 237 cm³/mol. The van der Waals surface area contributed by atoms with Crippen molar-refractivity contribution >= 4 is 29.1 Å². The fourth-order valence-corrected chi connectivity index (χ4v) is 9.25. The molecular formula is C49H53N8O3+. The number of H-pyrrole nitrogens is 2. The number of para-hydroxylation sites is 1. The summed E-state index contributed by atoms with van der Waals surface area (Å²) in [6.07, 6.45) is 5.47. The van der Waals surface area contributed by atoms with Crippen molar-refractivity contribution in [1.82, 2.24) is 30.6 Å². The molecule has 0 spiro atoms. The monoisotopic (exact) mass is 801 g/mol. The van der Waals surface area contributed by atoms with Gasteiger partial charge in [0.15, 0.2) is 0 Å². The topological polar surface area (TPSA) is 133 Å². The number of benzene rings is 4. The van der Waals surface area contributed by atoms with Gasteiger partial charge in [-0.2, -0.15) is 5.21 Å². The second-order valence-electron chi connectivity index (χ2n) is 15.6. The molecular weight excluding hydrogens is 749 g/mol. The lowest BCUT2D eigenvalue weighted by Gasteiger charge is -2.51. The fraction of sp³-hybridized carbons (Fsp3) is 0.286. The van der Waals surface area contributed by atoms with E-state index in [9.17, 15) is 9.59 Å². The number of aromatic nitrogens is 6. The van der Waals surface area contributed by atoms with Crippen LogP contribution in [0.5, 0.6) is 0 Å². The summed E-state index contributed by atoms with van der Waals surface area (Å²) in [4.78, 5) is 37.3. The molecule has 0 radical (unpaired) electrons. The molecule has 1 aliphatic carbocycles. The minimum absolute atomic E-state index is 0.197. The number of anilines is 1. The van der Waals surface area contributed by atoms with Crippen LogP contribution in [0.1, 0.15) is 80.8 Å². The molecule has 2 atom stereocenters. The number of hydrogen-bond donors (Lipinski definition) is 2. The van der Waals surface area contributed by atoms with E-state index >= 15 is 0 Å². The van der Waals surface area contributed by atoms with E-state index in [0.29, 0.717) is 36.6 Å². The molecule has 6 aromatic rings. The van der Waals surface area contributed by atoms with Crippen LogP contribution in [0.4, 0.5) is 5.69 Å². The summed E-state index contributed by atoms with van der Waals surface area (Å²) >= 11 is 0. The van der Waals surface area contributed by atoms with E-state index in [1.807, 2.05) is 55.9 Å². The van der Waals surface area contributed by atoms with Crippen molar-refractivity contribution < 1.29 is 14.1 Å². The van der Waals surface area contributed by atoms with Crippen molar-refractivity contribution in [3.63, 3.8) is 0 Å². The van der Waals surface area contributed by atoms with Crippen LogP contribution in [0.15, 0.2) is 137 Å². The van der Waals surface area contributed by atoms with E-state index in [1.54, 1.807) is 6.07 Å². The molecule has 7 rings (SSSR count). The van der Waals surface area contributed by atoms with Gasteiger partial charge in [-0.3, -0.25) is 14.2 Å². The standard InChI is InChI=1S/C49H52N8O3/c1-7-8-30-49(41-32-42(58)51-35(3)50-41)44(37-23-14-10-15-24-37)34(2)48(31-20-29-43(59)60-6,40-28-19-18-27-39(40)36-21-12-9-13-22-36)46(45(49)47-52-54-55-53-47)57(33-56(4)5)38-25-16-11-17-26-38/h9-19,21-28,32-33H,7-8,20,29-31H2,1-6H3,(H-,50,51,52,53,54,55,58)/p+1. The van der Waals surface area contributed by atoms with E-state index < -0.39 is 10.8 Å². The number of hydrogen-bond acceptors (Lipinski definition) is 7. The summed E-state index contributed by atoms with van der Waals surface area (Å²) in [7, 11) is 5.45. The number of aromatic amines is 2. The molecule has 2 aromatic heterocycles. The molecule has 0 saturated heterocycles. The third-order valence-corrected chi connectivity index (χ3v) is 11.6. The minimum atomic E-state index is -1.10. The molecule has 2 heterocycles. The van der Waals surface area contributed by atoms with Gasteiger partial charge in [0.2, 0.25) is 12.2 Å². The van der Waals surface area contributed by atoms with Gasteiger partial charge in [-0.05, 0) is 83.9 Å². The van der Waals surface area contributed by atoms with Crippen LogP contribution >= 0.6 is 0 Å². The Labute approximate surface area is 351 Å². The molecule has 0 aliphatic heterocycles. The molecule has 0 fully saturated rings. The van der Waals surface area contributed by atoms with Crippen molar-refractivity contribution in [1.29, 1.82) is 0 Å². The second kappa shape index (κ2) is 18.0. The van der Waals surface area contributed by atoms with Crippen LogP contribution in [0.2, 0.25) is 0 Å². The number of allylic oxidation sites excluding steroid dienone is 3. The maximum atomic E-state index is 13.8. The highest BCUT2D eigenvalue weighted by Gasteiger charge is 2.60. The third-order valence-electron chi connectivity index (χ3n) is 11.6. The number of unbranched alkanes of at least 4 members (excludes halogenated alkanes) is 1. The highest BCUT2D eigenvalue weighted by atomic mass is 16.5. The molecule has 60 heavy (non-hydrogen) atoms. The van der Waals surface area contributed by atoms with E-state index in [1.165, 1.54) is 7.11 Å². The number of esters is 1. The number of nitrogens with one attached hydrogen (secondary N) is 2. The highest BCUT2D eigenvalue weighted by Crippen LogP contribution is 2.64. The molecule has 0 saturated carbocycles. The highest BCUT2D eigenvalue weighted by molar-refractivity contribution is 6.02. The van der Waals surface area contributed by atoms with E-state index in [0.717, 1.165) is 63.2 Å². The van der Waals surface area contributed by atoms with Crippen LogP contribution in [-0.2, 0) is 20.4 Å². The van der Waals surface area contributed by atoms with Crippen LogP contribution in [-0.4, -0.2) is 68.7 Å². The maximum absolute atomic E-state index is 13.8. The second-order valence-corrected chi connectivity index (χ2v) is 15.6. The number of methoxy groups -OCH3 is 1. The van der Waals surface area contributed by atoms with Crippen molar-refractivity contribution in [2.24, 2.45) is 0 Å². The largest absolute Gasteiger partial charge is 0.469 e. The first-order chi connectivity index (χ1) is 29.1. The zero-order valence-electron chi connectivity index (χ0n) is 35.3. The number of ether oxygens (including phenoxy) is 1. The third kappa shape index (κ3) is 7.75. The van der Waals surface area contributed by atoms with Crippen molar-refractivity contribution in [2.45, 2.75) is 70.1 Å². The van der Waals surface area contributed by atoms with Crippen molar-refractivity contribution in [2.75, 3.05) is 26.1 Å². The summed E-state index contributed by atoms with van der Waals surface area (Å²) in [5, 5.41) is 16.8. The lowest BCUT2D eigenvalue weighted by Crippen LogP contribution is -2.50. The Morgan fingerprint density at radius 2 is 1.45 bits per heavy atom. The number of carbonyl (C=O) groups excluding carboxylic acids is 1. The summed E-state index contributed by atoms with van der Waals surface area (Å²) < 4.78 is 7.30. The molecule has 11 heteroatoms. The average molecular weight is 802 g/mol. The molecule has 11 nitrogen and oxygen atoms in total. The van der Waals surface area contributed by atoms with Gasteiger partial charge in [0.25, 0.3) is 5.56 Å². The van der Waals surface area contributed by atoms with Gasteiger partial charge in [-0.25, -0.2) is 9.88 Å². The molecule has 0 amide bonds. The van der Waals surface area contributed by atoms with Crippen LogP contribution < -0.4 is 10.5 Å². The first-order valence-electron chi connectivity index (χ1n) is 20.6. The zero-order chi connectivity index (χ0) is 42.3. The van der Waals surface area contributed by atoms with Gasteiger partial charge in [-0.1, -0.05) is 123 Å². The van der Waals surface area contributed by atoms with Gasteiger partial charge < -0.3 is 9.72 Å². The zero-order valence-corrected chi connectivity index (χ0v) is 35.3. The Morgan fingerprint density at radius 3 is 2.07 bits per heavy atom. The van der Waals surface area contributed by atoms with E-state index in [4.69, 9.17) is 19.9 Å². The van der Waals surface area contributed by atoms with Gasteiger partial charge in [-0.15, -0.1) is 10.2 Å². The predicted octanol–water partition coefficient (Wildman–Crippen LogP) is 8.67. The van der Waals surface area contributed by atoms with Crippen LogP contribution in [0, 0.1) is 6.92 Å². The summed E-state index contributed by atoms with van der Waals surface area (Å²) in [5.74, 6) is 0.590. The Bertz CT molecular complexity index is 2580. The molecule has 2 N–H and O–H groups in total. The molecule has 2 unspecified atom stereocenters. The normalized spacial score (nSPS) is 17.7. The summed E-state index contributed by atoms with van der Waals surface area (Å²) in [6.45, 7) is 6.23. The Hall–Kier alpha value is -6.75. The summed E-state index contributed by atoms with van der Waals surface area (Å²) in [5.41, 5.74) is 6.91. The fourth-order valence-electron chi connectivity index (χ4n) is 9.25. The SMILES string of the molecule is CCCCC1(c2cc(=O)[nH]c(C)n2)C(c2ccccc2)=C(C)C(CCCC(=O)OC)(c2ccccc2-c2ccccc2)C(N(C=[N+](C)C)c2ccccc2)=C1c1nn[nH]n1. The molecule has 1 aliphatic rings. The quantitative estimate of drug-likeness (QED) is 0.0457. The number of aryl methyl sites for hydroxylation is 1. The van der Waals surface area contributed by atoms with Crippen molar-refractivity contribution in [3.8, 4) is 11.1 Å². The average Bonchev–Trinajstić information content (AvgIpc) is 3.80. The van der Waals surface area contributed by atoms with Crippen LogP contribution in [0.3, 0.4) is 0 Å². The van der Waals surface area contributed by atoms with Gasteiger partial charge in [0, 0.05) is 12.5 Å². The molecule has 306 valence electrons. The smallest absolute Gasteiger partial charge is 0.305 e. The minimum Gasteiger partial charge on any atom is -0.469 e. The Morgan fingerprint density at radius 1 is 0.817 bits per heavy atom. The Kier molecular flexibility index (Phi) is 12.4. The number of carbonyl (C=O) groups is 1. The first kappa shape index (κ1) is 41.4. The first-order valence-corrected chi connectivity index (χ1v) is 20.6. The van der Waals surface area contributed by atoms with Gasteiger partial charge >= 0.3 is 5.97 Å². The van der Waals surface area contributed by atoms with E-state index in [-0.39, 0.29) is 17.9 Å². The van der Waals surface area contributed by atoms with Gasteiger partial charge in [0.1, 0.15) is 17.2 Å². The number of tetrazole rings is 1. The van der Waals surface area contributed by atoms with Crippen molar-refractivity contribution in [3.05, 3.63) is 171 Å². The number of rotatable bonds is 15.